The van der Waals surface area contributed by atoms with E-state index >= 15 is 0 Å². The molecule has 0 saturated carbocycles. The van der Waals surface area contributed by atoms with E-state index in [1.807, 2.05) is 35.7 Å². The fraction of sp³-hybridized carbons (Fsp3) is 0. The second-order valence-corrected chi connectivity index (χ2v) is 8.86. The molecule has 4 rings (SSSR count). The van der Waals surface area contributed by atoms with Gasteiger partial charge in [0.1, 0.15) is 0 Å². The van der Waals surface area contributed by atoms with E-state index in [-0.39, 0.29) is 16.1 Å². The van der Waals surface area contributed by atoms with Crippen molar-refractivity contribution in [3.8, 4) is 11.3 Å². The van der Waals surface area contributed by atoms with Crippen molar-refractivity contribution in [1.82, 2.24) is 4.98 Å². The molecule has 1 aromatic heterocycles. The van der Waals surface area contributed by atoms with Gasteiger partial charge in [-0.25, -0.2) is 13.4 Å². The van der Waals surface area contributed by atoms with Gasteiger partial charge in [-0.05, 0) is 24.3 Å². The molecular formula is C22H17N3O3S2. The van der Waals surface area contributed by atoms with Crippen molar-refractivity contribution in [2.45, 2.75) is 4.90 Å². The first-order chi connectivity index (χ1) is 14.5. The lowest BCUT2D eigenvalue weighted by Crippen LogP contribution is -2.18. The summed E-state index contributed by atoms with van der Waals surface area (Å²) in [5, 5.41) is 5.03. The van der Waals surface area contributed by atoms with E-state index in [2.05, 4.69) is 15.0 Å². The van der Waals surface area contributed by atoms with Crippen LogP contribution >= 0.6 is 11.3 Å². The molecule has 150 valence electrons. The molecule has 0 unspecified atom stereocenters. The van der Waals surface area contributed by atoms with Crippen LogP contribution in [0.5, 0.6) is 0 Å². The number of sulfonamides is 1. The van der Waals surface area contributed by atoms with Gasteiger partial charge < -0.3 is 0 Å². The van der Waals surface area contributed by atoms with Gasteiger partial charge in [-0.15, -0.1) is 11.3 Å². The summed E-state index contributed by atoms with van der Waals surface area (Å²) >= 11 is 1.30. The third-order valence-electron chi connectivity index (χ3n) is 4.26. The Morgan fingerprint density at radius 2 is 1.47 bits per heavy atom. The third-order valence-corrected chi connectivity index (χ3v) is 6.40. The number of anilines is 2. The highest BCUT2D eigenvalue weighted by atomic mass is 32.2. The van der Waals surface area contributed by atoms with Gasteiger partial charge in [0, 0.05) is 10.9 Å². The summed E-state index contributed by atoms with van der Waals surface area (Å²) in [7, 11) is -3.82. The van der Waals surface area contributed by atoms with Crippen molar-refractivity contribution in [2.24, 2.45) is 0 Å². The van der Waals surface area contributed by atoms with E-state index < -0.39 is 15.9 Å². The zero-order valence-electron chi connectivity index (χ0n) is 15.6. The Morgan fingerprint density at radius 3 is 2.20 bits per heavy atom. The van der Waals surface area contributed by atoms with Gasteiger partial charge >= 0.3 is 0 Å². The number of nitrogens with zero attached hydrogens (tertiary/aromatic N) is 1. The van der Waals surface area contributed by atoms with Crippen LogP contribution in [0, 0.1) is 0 Å². The maximum Gasteiger partial charge on any atom is 0.261 e. The largest absolute Gasteiger partial charge is 0.298 e. The van der Waals surface area contributed by atoms with E-state index in [9.17, 15) is 13.2 Å². The quantitative estimate of drug-likeness (QED) is 0.453. The smallest absolute Gasteiger partial charge is 0.261 e. The molecule has 2 N–H and O–H groups in total. The molecule has 0 bridgehead atoms. The molecule has 0 spiro atoms. The lowest BCUT2D eigenvalue weighted by molar-refractivity contribution is 0.102. The van der Waals surface area contributed by atoms with E-state index in [1.54, 1.807) is 42.5 Å². The lowest BCUT2D eigenvalue weighted by atomic mass is 10.2. The number of hydrogen-bond donors (Lipinski definition) is 2. The third kappa shape index (κ3) is 4.40. The summed E-state index contributed by atoms with van der Waals surface area (Å²) in [5.74, 6) is -0.449. The zero-order chi connectivity index (χ0) is 21.0. The van der Waals surface area contributed by atoms with Gasteiger partial charge in [0.25, 0.3) is 15.9 Å². The number of nitrogens with one attached hydrogen (secondary N) is 2. The van der Waals surface area contributed by atoms with Crippen LogP contribution in [-0.2, 0) is 10.0 Å². The second-order valence-electron chi connectivity index (χ2n) is 6.32. The molecule has 0 aliphatic carbocycles. The number of rotatable bonds is 6. The zero-order valence-corrected chi connectivity index (χ0v) is 17.3. The van der Waals surface area contributed by atoms with Gasteiger partial charge in [-0.2, -0.15) is 0 Å². The van der Waals surface area contributed by atoms with E-state index in [0.717, 1.165) is 11.3 Å². The minimum absolute atomic E-state index is 0.118. The summed E-state index contributed by atoms with van der Waals surface area (Å²) in [5.41, 5.74) is 2.10. The minimum Gasteiger partial charge on any atom is -0.298 e. The molecule has 0 radical (unpaired) electrons. The first-order valence-corrected chi connectivity index (χ1v) is 11.4. The Balaban J connectivity index is 1.55. The maximum absolute atomic E-state index is 12.8. The normalized spacial score (nSPS) is 11.1. The SMILES string of the molecule is O=C(Nc1nc(-c2ccccc2)cs1)c1ccccc1NS(=O)(=O)c1ccccc1. The highest BCUT2D eigenvalue weighted by Crippen LogP contribution is 2.26. The van der Waals surface area contributed by atoms with E-state index in [4.69, 9.17) is 0 Å². The van der Waals surface area contributed by atoms with Crippen LogP contribution in [0.25, 0.3) is 11.3 Å². The summed E-state index contributed by atoms with van der Waals surface area (Å²) < 4.78 is 27.8. The summed E-state index contributed by atoms with van der Waals surface area (Å²) in [6.45, 7) is 0. The monoisotopic (exact) mass is 435 g/mol. The number of para-hydroxylation sites is 1. The number of hydrogen-bond acceptors (Lipinski definition) is 5. The Bertz CT molecular complexity index is 1270. The summed E-state index contributed by atoms with van der Waals surface area (Å²) in [6.07, 6.45) is 0. The molecule has 0 aliphatic rings. The predicted molar refractivity (Wildman–Crippen MR) is 119 cm³/mol. The van der Waals surface area contributed by atoms with Gasteiger partial charge in [-0.3, -0.25) is 14.8 Å². The first kappa shape index (κ1) is 19.8. The highest BCUT2D eigenvalue weighted by Gasteiger charge is 2.19. The molecular weight excluding hydrogens is 418 g/mol. The molecule has 30 heavy (non-hydrogen) atoms. The second kappa shape index (κ2) is 8.48. The van der Waals surface area contributed by atoms with Crippen LogP contribution in [0.4, 0.5) is 10.8 Å². The predicted octanol–water partition coefficient (Wildman–Crippen LogP) is 4.86. The van der Waals surface area contributed by atoms with E-state index in [0.29, 0.717) is 5.13 Å². The van der Waals surface area contributed by atoms with Crippen LogP contribution in [0.15, 0.2) is 95.2 Å². The number of amides is 1. The van der Waals surface area contributed by atoms with Crippen molar-refractivity contribution in [3.05, 3.63) is 95.9 Å². The molecule has 0 fully saturated rings. The molecule has 0 aliphatic heterocycles. The van der Waals surface area contributed by atoms with Crippen LogP contribution < -0.4 is 10.0 Å². The molecule has 4 aromatic rings. The fourth-order valence-corrected chi connectivity index (χ4v) is 4.63. The van der Waals surface area contributed by atoms with Crippen molar-refractivity contribution in [2.75, 3.05) is 10.0 Å². The van der Waals surface area contributed by atoms with Gasteiger partial charge in [0.05, 0.1) is 21.8 Å². The molecule has 0 atom stereocenters. The van der Waals surface area contributed by atoms with Crippen LogP contribution in [-0.4, -0.2) is 19.3 Å². The van der Waals surface area contributed by atoms with E-state index in [1.165, 1.54) is 23.5 Å². The molecule has 6 nitrogen and oxygen atoms in total. The highest BCUT2D eigenvalue weighted by molar-refractivity contribution is 7.92. The molecule has 1 amide bonds. The Kier molecular flexibility index (Phi) is 5.60. The van der Waals surface area contributed by atoms with Crippen molar-refractivity contribution < 1.29 is 13.2 Å². The standard InChI is InChI=1S/C22H17N3O3S2/c26-21(24-22-23-20(15-29-22)16-9-3-1-4-10-16)18-13-7-8-14-19(18)25-30(27,28)17-11-5-2-6-12-17/h1-15,25H,(H,23,24,26). The van der Waals surface area contributed by atoms with Gasteiger partial charge in [0.15, 0.2) is 5.13 Å². The van der Waals surface area contributed by atoms with Crippen LogP contribution in [0.3, 0.4) is 0 Å². The van der Waals surface area contributed by atoms with Crippen molar-refractivity contribution >= 4 is 38.1 Å². The Morgan fingerprint density at radius 1 is 0.833 bits per heavy atom. The van der Waals surface area contributed by atoms with Crippen molar-refractivity contribution in [3.63, 3.8) is 0 Å². The summed E-state index contributed by atoms with van der Waals surface area (Å²) in [6, 6.07) is 24.1. The molecule has 0 saturated heterocycles. The number of thiazole rings is 1. The number of benzene rings is 3. The molecule has 1 heterocycles. The Hall–Kier alpha value is -3.49. The van der Waals surface area contributed by atoms with Gasteiger partial charge in [0.2, 0.25) is 0 Å². The van der Waals surface area contributed by atoms with Crippen LogP contribution in [0.1, 0.15) is 10.4 Å². The van der Waals surface area contributed by atoms with Crippen molar-refractivity contribution in [1.29, 1.82) is 0 Å². The average Bonchev–Trinajstić information content (AvgIpc) is 3.23. The first-order valence-electron chi connectivity index (χ1n) is 9.02. The number of aromatic nitrogens is 1. The molecule has 8 heteroatoms. The summed E-state index contributed by atoms with van der Waals surface area (Å²) in [4.78, 5) is 17.4. The minimum atomic E-state index is -3.82. The number of carbonyl (C=O) groups is 1. The average molecular weight is 436 g/mol. The molecule has 3 aromatic carbocycles. The van der Waals surface area contributed by atoms with Gasteiger partial charge in [-0.1, -0.05) is 60.7 Å². The lowest BCUT2D eigenvalue weighted by Gasteiger charge is -2.12. The topological polar surface area (TPSA) is 88.2 Å². The van der Waals surface area contributed by atoms with Crippen LogP contribution in [0.2, 0.25) is 0 Å². The number of carbonyl (C=O) groups excluding carboxylic acids is 1. The maximum atomic E-state index is 12.8. The Labute approximate surface area is 178 Å². The fourth-order valence-electron chi connectivity index (χ4n) is 2.81.